The summed E-state index contributed by atoms with van der Waals surface area (Å²) in [6, 6.07) is 0. The molecule has 1 unspecified atom stereocenters. The van der Waals surface area contributed by atoms with Crippen LogP contribution in [0.15, 0.2) is 0 Å². The molecule has 0 radical (unpaired) electrons. The maximum Gasteiger partial charge on any atom is 0.409 e. The molecule has 1 saturated heterocycles. The van der Waals surface area contributed by atoms with Crippen molar-refractivity contribution in [1.29, 1.82) is 0 Å². The van der Waals surface area contributed by atoms with Gasteiger partial charge in [-0.3, -0.25) is 0 Å². The summed E-state index contributed by atoms with van der Waals surface area (Å²) in [7, 11) is 1.75. The number of cyclic esters (lactones) is 1. The monoisotopic (exact) mass is 129 g/mol. The third kappa shape index (κ3) is 1.34. The molecule has 0 saturated carbocycles. The van der Waals surface area contributed by atoms with Crippen LogP contribution in [0.5, 0.6) is 0 Å². The summed E-state index contributed by atoms with van der Waals surface area (Å²) in [6.07, 6.45) is -0.201. The molecule has 1 fully saturated rings. The van der Waals surface area contributed by atoms with E-state index in [2.05, 4.69) is 6.92 Å². The van der Waals surface area contributed by atoms with E-state index in [1.54, 1.807) is 11.9 Å². The molecule has 0 aromatic carbocycles. The lowest BCUT2D eigenvalue weighted by molar-refractivity contribution is 0.0581. The fraction of sp³-hybridized carbons (Fsp3) is 0.833. The highest BCUT2D eigenvalue weighted by Gasteiger charge is 2.19. The lowest BCUT2D eigenvalue weighted by Crippen LogP contribution is -2.39. The van der Waals surface area contributed by atoms with E-state index in [0.29, 0.717) is 12.5 Å². The highest BCUT2D eigenvalue weighted by molar-refractivity contribution is 5.67. The van der Waals surface area contributed by atoms with E-state index in [1.165, 1.54) is 0 Å². The Bertz CT molecular complexity index is 124. The molecular weight excluding hydrogens is 118 g/mol. The largest absolute Gasteiger partial charge is 0.449 e. The van der Waals surface area contributed by atoms with E-state index in [-0.39, 0.29) is 6.09 Å². The van der Waals surface area contributed by atoms with Crippen LogP contribution in [0.4, 0.5) is 4.79 Å². The van der Waals surface area contributed by atoms with Crippen molar-refractivity contribution in [2.75, 3.05) is 20.2 Å². The summed E-state index contributed by atoms with van der Waals surface area (Å²) in [4.78, 5) is 12.2. The number of rotatable bonds is 0. The maximum absolute atomic E-state index is 10.6. The van der Waals surface area contributed by atoms with Gasteiger partial charge in [0.2, 0.25) is 0 Å². The van der Waals surface area contributed by atoms with Crippen molar-refractivity contribution < 1.29 is 9.53 Å². The maximum atomic E-state index is 10.6. The molecule has 0 aromatic rings. The van der Waals surface area contributed by atoms with E-state index in [9.17, 15) is 4.79 Å². The van der Waals surface area contributed by atoms with Crippen LogP contribution in [0.25, 0.3) is 0 Å². The first-order valence-corrected chi connectivity index (χ1v) is 3.08. The predicted octanol–water partition coefficient (Wildman–Crippen LogP) is 0.705. The molecule has 1 rings (SSSR count). The van der Waals surface area contributed by atoms with Gasteiger partial charge in [0.25, 0.3) is 0 Å². The molecule has 0 aliphatic carbocycles. The van der Waals surface area contributed by atoms with Crippen molar-refractivity contribution in [1.82, 2.24) is 4.90 Å². The highest BCUT2D eigenvalue weighted by atomic mass is 16.6. The molecule has 9 heavy (non-hydrogen) atoms. The van der Waals surface area contributed by atoms with Gasteiger partial charge in [-0.2, -0.15) is 0 Å². The van der Waals surface area contributed by atoms with Gasteiger partial charge >= 0.3 is 6.09 Å². The van der Waals surface area contributed by atoms with Gasteiger partial charge in [-0.15, -0.1) is 0 Å². The van der Waals surface area contributed by atoms with Gasteiger partial charge in [0.15, 0.2) is 0 Å². The lowest BCUT2D eigenvalue weighted by atomic mass is 10.2. The number of hydrogen-bond donors (Lipinski definition) is 0. The summed E-state index contributed by atoms with van der Waals surface area (Å²) < 4.78 is 4.79. The van der Waals surface area contributed by atoms with Gasteiger partial charge in [0.1, 0.15) is 0 Å². The van der Waals surface area contributed by atoms with Crippen LogP contribution >= 0.6 is 0 Å². The zero-order chi connectivity index (χ0) is 6.85. The molecule has 3 heteroatoms. The Morgan fingerprint density at radius 3 is 2.89 bits per heavy atom. The molecule has 52 valence electrons. The van der Waals surface area contributed by atoms with E-state index in [1.807, 2.05) is 0 Å². The van der Waals surface area contributed by atoms with Crippen LogP contribution in [-0.4, -0.2) is 31.2 Å². The smallest absolute Gasteiger partial charge is 0.409 e. The first kappa shape index (κ1) is 6.39. The molecule has 0 aromatic heterocycles. The minimum atomic E-state index is -0.201. The molecule has 0 spiro atoms. The molecule has 1 aliphatic rings. The van der Waals surface area contributed by atoms with Crippen molar-refractivity contribution in [3.63, 3.8) is 0 Å². The second-order valence-electron chi connectivity index (χ2n) is 2.56. The van der Waals surface area contributed by atoms with Gasteiger partial charge in [-0.05, 0) is 0 Å². The number of amides is 1. The molecule has 3 nitrogen and oxygen atoms in total. The van der Waals surface area contributed by atoms with Crippen LogP contribution in [0.2, 0.25) is 0 Å². The van der Waals surface area contributed by atoms with E-state index in [4.69, 9.17) is 4.74 Å². The number of carbonyl (C=O) groups is 1. The van der Waals surface area contributed by atoms with Crippen molar-refractivity contribution in [3.8, 4) is 0 Å². The first-order chi connectivity index (χ1) is 4.20. The lowest BCUT2D eigenvalue weighted by Gasteiger charge is -2.26. The van der Waals surface area contributed by atoms with Crippen molar-refractivity contribution in [2.24, 2.45) is 5.92 Å². The van der Waals surface area contributed by atoms with Gasteiger partial charge < -0.3 is 9.64 Å². The average molecular weight is 129 g/mol. The van der Waals surface area contributed by atoms with Crippen LogP contribution in [-0.2, 0) is 4.74 Å². The van der Waals surface area contributed by atoms with Crippen LogP contribution < -0.4 is 0 Å². The summed E-state index contributed by atoms with van der Waals surface area (Å²) in [5.41, 5.74) is 0. The Kier molecular flexibility index (Phi) is 1.60. The molecule has 1 amide bonds. The molecule has 0 N–H and O–H groups in total. The average Bonchev–Trinajstić information content (AvgIpc) is 1.80. The summed E-state index contributed by atoms with van der Waals surface area (Å²) in [5, 5.41) is 0. The van der Waals surface area contributed by atoms with Gasteiger partial charge in [0, 0.05) is 19.5 Å². The second kappa shape index (κ2) is 2.25. The number of ether oxygens (including phenoxy) is 1. The summed E-state index contributed by atoms with van der Waals surface area (Å²) in [6.45, 7) is 3.45. The van der Waals surface area contributed by atoms with Crippen molar-refractivity contribution in [2.45, 2.75) is 6.92 Å². The highest BCUT2D eigenvalue weighted by Crippen LogP contribution is 2.07. The Hall–Kier alpha value is -0.730. The predicted molar refractivity (Wildman–Crippen MR) is 33.1 cm³/mol. The quantitative estimate of drug-likeness (QED) is 0.482. The Balaban J connectivity index is 2.44. The van der Waals surface area contributed by atoms with Gasteiger partial charge in [-0.1, -0.05) is 6.92 Å². The van der Waals surface area contributed by atoms with Crippen LogP contribution in [0, 0.1) is 5.92 Å². The Morgan fingerprint density at radius 2 is 2.44 bits per heavy atom. The third-order valence-electron chi connectivity index (χ3n) is 1.39. The molecular formula is C6H11NO2. The Morgan fingerprint density at radius 1 is 1.78 bits per heavy atom. The Labute approximate surface area is 54.6 Å². The fourth-order valence-corrected chi connectivity index (χ4v) is 0.918. The topological polar surface area (TPSA) is 29.5 Å². The van der Waals surface area contributed by atoms with Crippen LogP contribution in [0.3, 0.4) is 0 Å². The van der Waals surface area contributed by atoms with Crippen LogP contribution in [0.1, 0.15) is 6.92 Å². The van der Waals surface area contributed by atoms with Crippen molar-refractivity contribution in [3.05, 3.63) is 0 Å². The molecule has 1 atom stereocenters. The summed E-state index contributed by atoms with van der Waals surface area (Å²) >= 11 is 0. The number of carbonyl (C=O) groups excluding carboxylic acids is 1. The normalized spacial score (nSPS) is 28.0. The zero-order valence-electron chi connectivity index (χ0n) is 5.76. The first-order valence-electron chi connectivity index (χ1n) is 3.08. The van der Waals surface area contributed by atoms with Gasteiger partial charge in [-0.25, -0.2) is 4.79 Å². The number of hydrogen-bond acceptors (Lipinski definition) is 2. The molecule has 1 heterocycles. The van der Waals surface area contributed by atoms with E-state index in [0.717, 1.165) is 6.54 Å². The standard InChI is InChI=1S/C6H11NO2/c1-5-3-7(2)6(8)9-4-5/h5H,3-4H2,1-2H3. The second-order valence-corrected chi connectivity index (χ2v) is 2.56. The minimum Gasteiger partial charge on any atom is -0.449 e. The molecule has 0 bridgehead atoms. The number of nitrogens with zero attached hydrogens (tertiary/aromatic N) is 1. The van der Waals surface area contributed by atoms with E-state index >= 15 is 0 Å². The third-order valence-corrected chi connectivity index (χ3v) is 1.39. The summed E-state index contributed by atoms with van der Waals surface area (Å²) in [5.74, 6) is 0.479. The zero-order valence-corrected chi connectivity index (χ0v) is 5.76. The van der Waals surface area contributed by atoms with Crippen molar-refractivity contribution >= 4 is 6.09 Å². The minimum absolute atomic E-state index is 0.201. The SMILES string of the molecule is CC1COC(=O)N(C)C1. The van der Waals surface area contributed by atoms with Gasteiger partial charge in [0.05, 0.1) is 6.61 Å². The molecule has 1 aliphatic heterocycles. The van der Waals surface area contributed by atoms with E-state index < -0.39 is 0 Å². The fourth-order valence-electron chi connectivity index (χ4n) is 0.918.